The SMILES string of the molecule is O=C(c1ccccc1[N+](=O)[O-])N1CCC(CO)C1. The van der Waals surface area contributed by atoms with E-state index in [2.05, 4.69) is 0 Å². The Morgan fingerprint density at radius 1 is 1.50 bits per heavy atom. The molecule has 1 aliphatic rings. The molecule has 0 radical (unpaired) electrons. The summed E-state index contributed by atoms with van der Waals surface area (Å²) < 4.78 is 0. The topological polar surface area (TPSA) is 83.7 Å². The number of nitrogens with zero attached hydrogens (tertiary/aromatic N) is 2. The van der Waals surface area contributed by atoms with E-state index in [0.717, 1.165) is 6.42 Å². The zero-order valence-electron chi connectivity index (χ0n) is 9.78. The molecule has 0 bridgehead atoms. The number of hydrogen-bond donors (Lipinski definition) is 1. The number of hydrogen-bond acceptors (Lipinski definition) is 4. The summed E-state index contributed by atoms with van der Waals surface area (Å²) in [5.41, 5.74) is -0.0592. The number of rotatable bonds is 3. The van der Waals surface area contributed by atoms with Gasteiger partial charge in [0, 0.05) is 31.7 Å². The van der Waals surface area contributed by atoms with E-state index in [1.54, 1.807) is 11.0 Å². The quantitative estimate of drug-likeness (QED) is 0.642. The van der Waals surface area contributed by atoms with Crippen molar-refractivity contribution in [2.75, 3.05) is 19.7 Å². The lowest BCUT2D eigenvalue weighted by atomic mass is 10.1. The van der Waals surface area contributed by atoms with Crippen LogP contribution in [-0.2, 0) is 0 Å². The van der Waals surface area contributed by atoms with Crippen molar-refractivity contribution in [1.82, 2.24) is 4.90 Å². The maximum Gasteiger partial charge on any atom is 0.282 e. The number of aliphatic hydroxyl groups is 1. The van der Waals surface area contributed by atoms with E-state index in [0.29, 0.717) is 13.1 Å². The Balaban J connectivity index is 2.22. The van der Waals surface area contributed by atoms with Crippen molar-refractivity contribution in [1.29, 1.82) is 0 Å². The molecule has 1 amide bonds. The van der Waals surface area contributed by atoms with Crippen LogP contribution in [0.15, 0.2) is 24.3 Å². The Labute approximate surface area is 104 Å². The van der Waals surface area contributed by atoms with Gasteiger partial charge >= 0.3 is 0 Å². The van der Waals surface area contributed by atoms with Crippen LogP contribution in [0.5, 0.6) is 0 Å². The smallest absolute Gasteiger partial charge is 0.282 e. The first kappa shape index (κ1) is 12.5. The van der Waals surface area contributed by atoms with Crippen LogP contribution in [0.2, 0.25) is 0 Å². The Kier molecular flexibility index (Phi) is 3.57. The van der Waals surface area contributed by atoms with E-state index in [-0.39, 0.29) is 29.7 Å². The molecular weight excluding hydrogens is 236 g/mol. The summed E-state index contributed by atoms with van der Waals surface area (Å²) in [6.07, 6.45) is 0.739. The predicted molar refractivity (Wildman–Crippen MR) is 64.2 cm³/mol. The third-order valence-corrected chi connectivity index (χ3v) is 3.16. The molecule has 1 fully saturated rings. The zero-order valence-corrected chi connectivity index (χ0v) is 9.78. The Hall–Kier alpha value is -1.95. The van der Waals surface area contributed by atoms with Gasteiger partial charge in [-0.15, -0.1) is 0 Å². The molecule has 6 nitrogen and oxygen atoms in total. The Bertz CT molecular complexity index is 475. The predicted octanol–water partition coefficient (Wildman–Crippen LogP) is 1.05. The van der Waals surface area contributed by atoms with Gasteiger partial charge < -0.3 is 10.0 Å². The highest BCUT2D eigenvalue weighted by Gasteiger charge is 2.29. The Morgan fingerprint density at radius 3 is 2.83 bits per heavy atom. The van der Waals surface area contributed by atoms with Crippen molar-refractivity contribution in [3.63, 3.8) is 0 Å². The van der Waals surface area contributed by atoms with Gasteiger partial charge in [0.2, 0.25) is 0 Å². The molecule has 1 aliphatic heterocycles. The van der Waals surface area contributed by atoms with Crippen LogP contribution >= 0.6 is 0 Å². The second-order valence-corrected chi connectivity index (χ2v) is 4.36. The van der Waals surface area contributed by atoms with Gasteiger partial charge in [0.25, 0.3) is 11.6 Å². The summed E-state index contributed by atoms with van der Waals surface area (Å²) in [7, 11) is 0. The third kappa shape index (κ3) is 2.33. The number of likely N-dealkylation sites (tertiary alicyclic amines) is 1. The van der Waals surface area contributed by atoms with Crippen molar-refractivity contribution in [3.05, 3.63) is 39.9 Å². The van der Waals surface area contributed by atoms with Gasteiger partial charge in [-0.1, -0.05) is 12.1 Å². The van der Waals surface area contributed by atoms with Crippen molar-refractivity contribution in [3.8, 4) is 0 Å². The Morgan fingerprint density at radius 2 is 2.22 bits per heavy atom. The lowest BCUT2D eigenvalue weighted by Crippen LogP contribution is -2.29. The van der Waals surface area contributed by atoms with E-state index < -0.39 is 4.92 Å². The molecule has 1 N–H and O–H groups in total. The normalized spacial score (nSPS) is 18.9. The summed E-state index contributed by atoms with van der Waals surface area (Å²) in [4.78, 5) is 24.0. The van der Waals surface area contributed by atoms with Crippen LogP contribution in [0.25, 0.3) is 0 Å². The van der Waals surface area contributed by atoms with Crippen LogP contribution in [0.1, 0.15) is 16.8 Å². The van der Waals surface area contributed by atoms with Crippen LogP contribution in [-0.4, -0.2) is 40.5 Å². The van der Waals surface area contributed by atoms with Gasteiger partial charge in [-0.25, -0.2) is 0 Å². The molecule has 1 aromatic rings. The number of nitro groups is 1. The van der Waals surface area contributed by atoms with Gasteiger partial charge in [-0.2, -0.15) is 0 Å². The van der Waals surface area contributed by atoms with Crippen LogP contribution in [0.4, 0.5) is 5.69 Å². The number of benzene rings is 1. The molecule has 0 aliphatic carbocycles. The summed E-state index contributed by atoms with van der Waals surface area (Å²) in [6, 6.07) is 5.94. The molecule has 1 saturated heterocycles. The minimum Gasteiger partial charge on any atom is -0.396 e. The highest BCUT2D eigenvalue weighted by atomic mass is 16.6. The summed E-state index contributed by atoms with van der Waals surface area (Å²) in [5.74, 6) is -0.255. The van der Waals surface area contributed by atoms with E-state index in [9.17, 15) is 14.9 Å². The average molecular weight is 250 g/mol. The van der Waals surface area contributed by atoms with Crippen LogP contribution in [0, 0.1) is 16.0 Å². The molecule has 0 spiro atoms. The van der Waals surface area contributed by atoms with E-state index in [1.807, 2.05) is 0 Å². The van der Waals surface area contributed by atoms with E-state index >= 15 is 0 Å². The minimum absolute atomic E-state index is 0.0423. The lowest BCUT2D eigenvalue weighted by molar-refractivity contribution is -0.385. The van der Waals surface area contributed by atoms with Gasteiger partial charge in [0.1, 0.15) is 5.56 Å². The second-order valence-electron chi connectivity index (χ2n) is 4.36. The van der Waals surface area contributed by atoms with Gasteiger partial charge in [-0.3, -0.25) is 14.9 Å². The second kappa shape index (κ2) is 5.14. The first-order valence-corrected chi connectivity index (χ1v) is 5.77. The molecule has 0 aromatic heterocycles. The van der Waals surface area contributed by atoms with Crippen molar-refractivity contribution in [2.45, 2.75) is 6.42 Å². The fraction of sp³-hybridized carbons (Fsp3) is 0.417. The van der Waals surface area contributed by atoms with Gasteiger partial charge in [0.15, 0.2) is 0 Å². The monoisotopic (exact) mass is 250 g/mol. The molecule has 1 aromatic carbocycles. The molecule has 2 rings (SSSR count). The molecule has 1 unspecified atom stereocenters. The largest absolute Gasteiger partial charge is 0.396 e. The summed E-state index contributed by atoms with van der Waals surface area (Å²) >= 11 is 0. The zero-order chi connectivity index (χ0) is 13.1. The fourth-order valence-electron chi connectivity index (χ4n) is 2.15. The first-order chi connectivity index (χ1) is 8.63. The summed E-state index contributed by atoms with van der Waals surface area (Å²) in [5, 5.41) is 19.9. The number of nitro benzene ring substituents is 1. The number of aliphatic hydroxyl groups excluding tert-OH is 1. The van der Waals surface area contributed by atoms with Crippen molar-refractivity contribution in [2.24, 2.45) is 5.92 Å². The standard InChI is InChI=1S/C12H14N2O4/c15-8-9-5-6-13(7-9)12(16)10-3-1-2-4-11(10)14(17)18/h1-4,9,15H,5-8H2. The highest BCUT2D eigenvalue weighted by molar-refractivity contribution is 5.98. The van der Waals surface area contributed by atoms with E-state index in [4.69, 9.17) is 5.11 Å². The number of amides is 1. The van der Waals surface area contributed by atoms with Crippen LogP contribution < -0.4 is 0 Å². The molecule has 1 atom stereocenters. The maximum atomic E-state index is 12.2. The lowest BCUT2D eigenvalue weighted by Gasteiger charge is -2.16. The molecule has 96 valence electrons. The molecule has 18 heavy (non-hydrogen) atoms. The average Bonchev–Trinajstić information content (AvgIpc) is 2.86. The van der Waals surface area contributed by atoms with Gasteiger partial charge in [-0.05, 0) is 12.5 Å². The molecule has 1 heterocycles. The fourth-order valence-corrected chi connectivity index (χ4v) is 2.15. The number of carbonyl (C=O) groups excluding carboxylic acids is 1. The van der Waals surface area contributed by atoms with Crippen molar-refractivity contribution >= 4 is 11.6 Å². The summed E-state index contributed by atoms with van der Waals surface area (Å²) in [6.45, 7) is 1.04. The third-order valence-electron chi connectivity index (χ3n) is 3.16. The first-order valence-electron chi connectivity index (χ1n) is 5.77. The molecule has 6 heteroatoms. The molecule has 0 saturated carbocycles. The minimum atomic E-state index is -0.549. The van der Waals surface area contributed by atoms with E-state index in [1.165, 1.54) is 18.2 Å². The number of carbonyl (C=O) groups is 1. The van der Waals surface area contributed by atoms with Crippen molar-refractivity contribution < 1.29 is 14.8 Å². The molecular formula is C12H14N2O4. The number of para-hydroxylation sites is 1. The van der Waals surface area contributed by atoms with Crippen LogP contribution in [0.3, 0.4) is 0 Å². The maximum absolute atomic E-state index is 12.2. The highest BCUT2D eigenvalue weighted by Crippen LogP contribution is 2.23. The van der Waals surface area contributed by atoms with Gasteiger partial charge in [0.05, 0.1) is 4.92 Å².